The molecule has 0 aliphatic carbocycles. The second-order valence-electron chi connectivity index (χ2n) is 11.1. The average Bonchev–Trinajstić information content (AvgIpc) is 3.15. The minimum atomic E-state index is -0.706. The van der Waals surface area contributed by atoms with Crippen molar-refractivity contribution in [3.63, 3.8) is 0 Å². The normalized spacial score (nSPS) is 17.0. The lowest BCUT2D eigenvalue weighted by Gasteiger charge is -2.26. The van der Waals surface area contributed by atoms with E-state index in [9.17, 15) is 14.7 Å². The second-order valence-corrected chi connectivity index (χ2v) is 11.1. The fourth-order valence-corrected chi connectivity index (χ4v) is 5.07. The van der Waals surface area contributed by atoms with Gasteiger partial charge in [-0.3, -0.25) is 9.59 Å². The van der Waals surface area contributed by atoms with Crippen LogP contribution in [0.5, 0.6) is 11.5 Å². The van der Waals surface area contributed by atoms with Crippen molar-refractivity contribution < 1.29 is 24.2 Å². The summed E-state index contributed by atoms with van der Waals surface area (Å²) < 4.78 is 10.8. The van der Waals surface area contributed by atoms with Crippen molar-refractivity contribution in [2.75, 3.05) is 20.8 Å². The van der Waals surface area contributed by atoms with Gasteiger partial charge >= 0.3 is 0 Å². The monoisotopic (exact) mass is 527 g/mol. The van der Waals surface area contributed by atoms with Crippen LogP contribution in [0.2, 0.25) is 0 Å². The molecular formula is C33H37NO5. The van der Waals surface area contributed by atoms with Crippen LogP contribution in [0.3, 0.4) is 0 Å². The highest BCUT2D eigenvalue weighted by Crippen LogP contribution is 2.41. The van der Waals surface area contributed by atoms with Gasteiger partial charge in [0.15, 0.2) is 11.5 Å². The number of ketones is 1. The van der Waals surface area contributed by atoms with E-state index in [0.29, 0.717) is 23.5 Å². The van der Waals surface area contributed by atoms with Crippen molar-refractivity contribution in [3.8, 4) is 11.5 Å². The van der Waals surface area contributed by atoms with Gasteiger partial charge in [0.25, 0.3) is 11.7 Å². The molecule has 0 bridgehead atoms. The van der Waals surface area contributed by atoms with Crippen LogP contribution in [-0.4, -0.2) is 42.5 Å². The van der Waals surface area contributed by atoms with E-state index >= 15 is 0 Å². The third kappa shape index (κ3) is 5.56. The van der Waals surface area contributed by atoms with Crippen LogP contribution in [0, 0.1) is 13.8 Å². The number of rotatable bonds is 7. The molecule has 1 aliphatic rings. The van der Waals surface area contributed by atoms with Crippen LogP contribution >= 0.6 is 0 Å². The molecule has 1 atom stereocenters. The summed E-state index contributed by atoms with van der Waals surface area (Å²) in [5.74, 6) is -0.215. The van der Waals surface area contributed by atoms with Gasteiger partial charge in [0.1, 0.15) is 5.76 Å². The van der Waals surface area contributed by atoms with E-state index in [2.05, 4.69) is 20.8 Å². The largest absolute Gasteiger partial charge is 0.507 e. The summed E-state index contributed by atoms with van der Waals surface area (Å²) in [6, 6.07) is 18.6. The Labute approximate surface area is 230 Å². The number of aliphatic hydroxyl groups excluding tert-OH is 1. The van der Waals surface area contributed by atoms with E-state index in [0.717, 1.165) is 27.8 Å². The Morgan fingerprint density at radius 3 is 2.28 bits per heavy atom. The first-order chi connectivity index (χ1) is 18.5. The number of carbonyl (C=O) groups excluding carboxylic acids is 2. The smallest absolute Gasteiger partial charge is 0.295 e. The van der Waals surface area contributed by atoms with Crippen LogP contribution in [0.25, 0.3) is 5.76 Å². The van der Waals surface area contributed by atoms with Gasteiger partial charge in [-0.15, -0.1) is 0 Å². The Morgan fingerprint density at radius 1 is 0.923 bits per heavy atom. The maximum Gasteiger partial charge on any atom is 0.295 e. The lowest BCUT2D eigenvalue weighted by atomic mass is 9.84. The predicted molar refractivity (Wildman–Crippen MR) is 153 cm³/mol. The molecule has 0 saturated carbocycles. The van der Waals surface area contributed by atoms with Crippen molar-refractivity contribution in [2.45, 2.75) is 52.5 Å². The fourth-order valence-electron chi connectivity index (χ4n) is 5.07. The van der Waals surface area contributed by atoms with Crippen molar-refractivity contribution >= 4 is 17.4 Å². The average molecular weight is 528 g/mol. The number of hydrogen-bond acceptors (Lipinski definition) is 5. The topological polar surface area (TPSA) is 76.1 Å². The van der Waals surface area contributed by atoms with Crippen LogP contribution in [0.1, 0.15) is 60.2 Å². The minimum absolute atomic E-state index is 0.118. The van der Waals surface area contributed by atoms with Crippen molar-refractivity contribution in [1.82, 2.24) is 4.90 Å². The molecule has 6 nitrogen and oxygen atoms in total. The summed E-state index contributed by atoms with van der Waals surface area (Å²) in [4.78, 5) is 28.6. The quantitative estimate of drug-likeness (QED) is 0.222. The summed E-state index contributed by atoms with van der Waals surface area (Å²) in [6.45, 7) is 10.5. The van der Waals surface area contributed by atoms with Gasteiger partial charge < -0.3 is 19.5 Å². The first kappa shape index (κ1) is 28.0. The van der Waals surface area contributed by atoms with Crippen molar-refractivity contribution in [1.29, 1.82) is 0 Å². The first-order valence-corrected chi connectivity index (χ1v) is 13.1. The number of hydrogen-bond donors (Lipinski definition) is 1. The molecule has 1 unspecified atom stereocenters. The molecule has 204 valence electrons. The van der Waals surface area contributed by atoms with Crippen molar-refractivity contribution in [3.05, 3.63) is 99.6 Å². The number of methoxy groups -OCH3 is 2. The highest BCUT2D eigenvalue weighted by Gasteiger charge is 2.46. The number of aliphatic hydroxyl groups is 1. The van der Waals surface area contributed by atoms with Crippen molar-refractivity contribution in [2.24, 2.45) is 0 Å². The van der Waals surface area contributed by atoms with E-state index < -0.39 is 17.7 Å². The number of carbonyl (C=O) groups is 2. The lowest BCUT2D eigenvalue weighted by Crippen LogP contribution is -2.31. The van der Waals surface area contributed by atoms with Gasteiger partial charge in [-0.1, -0.05) is 68.8 Å². The van der Waals surface area contributed by atoms with E-state index in [4.69, 9.17) is 9.47 Å². The number of amides is 1. The van der Waals surface area contributed by atoms with Crippen LogP contribution in [-0.2, 0) is 21.4 Å². The summed E-state index contributed by atoms with van der Waals surface area (Å²) in [5.41, 5.74) is 5.13. The zero-order valence-corrected chi connectivity index (χ0v) is 23.8. The molecule has 1 aliphatic heterocycles. The molecule has 39 heavy (non-hydrogen) atoms. The van der Waals surface area contributed by atoms with Crippen LogP contribution in [0.4, 0.5) is 0 Å². The maximum absolute atomic E-state index is 13.5. The van der Waals surface area contributed by atoms with Gasteiger partial charge in [-0.25, -0.2) is 0 Å². The number of likely N-dealkylation sites (tertiary alicyclic amines) is 1. The SMILES string of the molecule is COc1ccc(CCN2C(=O)C(=O)/C(=C(/O)c3cc(C(C)(C)C)ccc3C)C2c2cccc(C)c2)cc1OC. The van der Waals surface area contributed by atoms with E-state index in [1.165, 1.54) is 0 Å². The number of nitrogens with zero attached hydrogens (tertiary/aromatic N) is 1. The molecule has 1 N–H and O–H groups in total. The zero-order valence-electron chi connectivity index (χ0n) is 23.8. The molecule has 1 heterocycles. The number of ether oxygens (including phenoxy) is 2. The highest BCUT2D eigenvalue weighted by atomic mass is 16.5. The third-order valence-electron chi connectivity index (χ3n) is 7.35. The summed E-state index contributed by atoms with van der Waals surface area (Å²) in [7, 11) is 3.16. The number of Topliss-reactive ketones (excluding diaryl/α,β-unsaturated/α-hetero) is 1. The molecule has 3 aromatic carbocycles. The zero-order chi connectivity index (χ0) is 28.5. The second kappa shape index (κ2) is 11.0. The summed E-state index contributed by atoms with van der Waals surface area (Å²) >= 11 is 0. The lowest BCUT2D eigenvalue weighted by molar-refractivity contribution is -0.139. The van der Waals surface area contributed by atoms with Crippen LogP contribution in [0.15, 0.2) is 66.2 Å². The molecular weight excluding hydrogens is 490 g/mol. The molecule has 0 aromatic heterocycles. The summed E-state index contributed by atoms with van der Waals surface area (Å²) in [5, 5.41) is 11.7. The Kier molecular flexibility index (Phi) is 7.86. The molecule has 4 rings (SSSR count). The van der Waals surface area contributed by atoms with E-state index in [-0.39, 0.29) is 23.3 Å². The predicted octanol–water partition coefficient (Wildman–Crippen LogP) is 6.28. The van der Waals surface area contributed by atoms with Gasteiger partial charge in [0.2, 0.25) is 0 Å². The fraction of sp³-hybridized carbons (Fsp3) is 0.333. The molecule has 0 radical (unpaired) electrons. The Hall–Kier alpha value is -4.06. The Morgan fingerprint density at radius 2 is 1.64 bits per heavy atom. The third-order valence-corrected chi connectivity index (χ3v) is 7.35. The van der Waals surface area contributed by atoms with Gasteiger partial charge in [0.05, 0.1) is 25.8 Å². The van der Waals surface area contributed by atoms with Gasteiger partial charge in [0, 0.05) is 12.1 Å². The Balaban J connectivity index is 1.81. The highest BCUT2D eigenvalue weighted by molar-refractivity contribution is 6.46. The van der Waals surface area contributed by atoms with Gasteiger partial charge in [-0.2, -0.15) is 0 Å². The molecule has 1 saturated heterocycles. The Bertz CT molecular complexity index is 1450. The van der Waals surface area contributed by atoms with Crippen LogP contribution < -0.4 is 9.47 Å². The number of aryl methyl sites for hydroxylation is 2. The first-order valence-electron chi connectivity index (χ1n) is 13.1. The summed E-state index contributed by atoms with van der Waals surface area (Å²) in [6.07, 6.45) is 0.494. The molecule has 0 spiro atoms. The van der Waals surface area contributed by atoms with Gasteiger partial charge in [-0.05, 0) is 66.1 Å². The standard InChI is InChI=1S/C33H37NO5/c1-20-9-8-10-23(17-20)29-28(30(35)25-19-24(33(3,4)5)13-11-21(25)2)31(36)32(37)34(29)16-15-22-12-14-26(38-6)27(18-22)39-7/h8-14,17-19,29,35H,15-16H2,1-7H3/b30-28+. The minimum Gasteiger partial charge on any atom is -0.507 e. The molecule has 1 amide bonds. The molecule has 1 fully saturated rings. The maximum atomic E-state index is 13.5. The van der Waals surface area contributed by atoms with E-state index in [1.54, 1.807) is 19.1 Å². The van der Waals surface area contributed by atoms with E-state index in [1.807, 2.05) is 74.5 Å². The molecule has 3 aromatic rings. The molecule has 6 heteroatoms. The number of benzene rings is 3.